The maximum Gasteiger partial charge on any atom is 0.227 e. The van der Waals surface area contributed by atoms with Crippen molar-refractivity contribution >= 4 is 39.8 Å². The predicted octanol–water partition coefficient (Wildman–Crippen LogP) is 8.45. The summed E-state index contributed by atoms with van der Waals surface area (Å²) in [6.07, 6.45) is 0.869. The number of benzene rings is 5. The molecule has 0 aliphatic carbocycles. The van der Waals surface area contributed by atoms with Gasteiger partial charge in [-0.3, -0.25) is 4.79 Å². The molecule has 0 unspecified atom stereocenters. The Bertz CT molecular complexity index is 1670. The van der Waals surface area contributed by atoms with Gasteiger partial charge in [0.25, 0.3) is 0 Å². The van der Waals surface area contributed by atoms with Gasteiger partial charge in [-0.1, -0.05) is 90.5 Å². The Morgan fingerprint density at radius 2 is 1.41 bits per heavy atom. The van der Waals surface area contributed by atoms with E-state index in [1.165, 1.54) is 0 Å². The second kappa shape index (κ2) is 8.29. The van der Waals surface area contributed by atoms with Gasteiger partial charge in [-0.05, 0) is 40.8 Å². The zero-order chi connectivity index (χ0) is 23.1. The molecule has 6 rings (SSSR count). The molecule has 0 aliphatic heterocycles. The summed E-state index contributed by atoms with van der Waals surface area (Å²) >= 11 is 6.45. The molecular weight excluding hydrogens is 442 g/mol. The van der Waals surface area contributed by atoms with Crippen molar-refractivity contribution in [3.63, 3.8) is 0 Å². The Morgan fingerprint density at radius 1 is 0.676 bits per heavy atom. The molecule has 162 valence electrons. The van der Waals surface area contributed by atoms with Gasteiger partial charge >= 0.3 is 0 Å². The Balaban J connectivity index is 1.51. The van der Waals surface area contributed by atoms with Gasteiger partial charge in [-0.2, -0.15) is 0 Å². The van der Waals surface area contributed by atoms with Crippen LogP contribution in [0.2, 0.25) is 5.02 Å². The molecule has 0 radical (unpaired) electrons. The standard InChI is InChI=1S/C30H18ClNO2/c31-26-10-4-8-24-23(26)17-16-22(18-33)28(24)25-9-5-11-27-29(25)34-30(32-27)21-14-12-20(13-15-21)19-6-2-1-3-7-19/h1-18H. The minimum atomic E-state index is 0.535. The smallest absolute Gasteiger partial charge is 0.227 e. The van der Waals surface area contributed by atoms with E-state index >= 15 is 0 Å². The molecule has 3 nitrogen and oxygen atoms in total. The van der Waals surface area contributed by atoms with E-state index in [-0.39, 0.29) is 0 Å². The van der Waals surface area contributed by atoms with Crippen LogP contribution in [0.1, 0.15) is 10.4 Å². The van der Waals surface area contributed by atoms with Gasteiger partial charge in [-0.15, -0.1) is 0 Å². The van der Waals surface area contributed by atoms with E-state index in [0.29, 0.717) is 22.1 Å². The average molecular weight is 460 g/mol. The lowest BCUT2D eigenvalue weighted by Gasteiger charge is -2.11. The van der Waals surface area contributed by atoms with Gasteiger partial charge in [0.05, 0.1) is 0 Å². The molecule has 4 heteroatoms. The second-order valence-corrected chi connectivity index (χ2v) is 8.51. The van der Waals surface area contributed by atoms with Crippen LogP contribution in [0.15, 0.2) is 108 Å². The molecule has 1 aromatic heterocycles. The normalized spacial score (nSPS) is 11.2. The SMILES string of the molecule is O=Cc1ccc2c(Cl)cccc2c1-c1cccc2nc(-c3ccc(-c4ccccc4)cc3)oc12. The third-order valence-electron chi connectivity index (χ3n) is 6.09. The first-order chi connectivity index (χ1) is 16.7. The number of carbonyl (C=O) groups excluding carboxylic acids is 1. The largest absolute Gasteiger partial charge is 0.435 e. The van der Waals surface area contributed by atoms with Crippen LogP contribution in [0.4, 0.5) is 0 Å². The summed E-state index contributed by atoms with van der Waals surface area (Å²) in [5.74, 6) is 0.535. The van der Waals surface area contributed by atoms with Crippen molar-refractivity contribution in [2.24, 2.45) is 0 Å². The molecule has 0 saturated carbocycles. The van der Waals surface area contributed by atoms with Crippen molar-refractivity contribution in [3.8, 4) is 33.7 Å². The quantitative estimate of drug-likeness (QED) is 0.248. The van der Waals surface area contributed by atoms with E-state index in [4.69, 9.17) is 21.0 Å². The fourth-order valence-electron chi connectivity index (χ4n) is 4.44. The summed E-state index contributed by atoms with van der Waals surface area (Å²) in [6, 6.07) is 33.6. The number of halogens is 1. The highest BCUT2D eigenvalue weighted by Gasteiger charge is 2.18. The molecule has 0 spiro atoms. The number of aldehydes is 1. The molecule has 0 atom stereocenters. The maximum absolute atomic E-state index is 12.0. The minimum absolute atomic E-state index is 0.535. The highest BCUT2D eigenvalue weighted by molar-refractivity contribution is 6.36. The number of hydrogen-bond acceptors (Lipinski definition) is 3. The van der Waals surface area contributed by atoms with Gasteiger partial charge in [0, 0.05) is 32.7 Å². The first-order valence-corrected chi connectivity index (χ1v) is 11.3. The fraction of sp³-hybridized carbons (Fsp3) is 0. The van der Waals surface area contributed by atoms with E-state index < -0.39 is 0 Å². The van der Waals surface area contributed by atoms with Crippen molar-refractivity contribution in [1.29, 1.82) is 0 Å². The third-order valence-corrected chi connectivity index (χ3v) is 6.42. The molecule has 1 heterocycles. The van der Waals surface area contributed by atoms with Gasteiger partial charge in [-0.25, -0.2) is 4.98 Å². The molecule has 5 aromatic carbocycles. The van der Waals surface area contributed by atoms with Crippen molar-refractivity contribution in [2.45, 2.75) is 0 Å². The minimum Gasteiger partial charge on any atom is -0.435 e. The second-order valence-electron chi connectivity index (χ2n) is 8.10. The van der Waals surface area contributed by atoms with Crippen LogP contribution in [0.5, 0.6) is 0 Å². The highest BCUT2D eigenvalue weighted by Crippen LogP contribution is 2.39. The van der Waals surface area contributed by atoms with Crippen molar-refractivity contribution < 1.29 is 9.21 Å². The Kier molecular flexibility index (Phi) is 4.97. The number of rotatable bonds is 4. The highest BCUT2D eigenvalue weighted by atomic mass is 35.5. The van der Waals surface area contributed by atoms with Crippen LogP contribution in [0, 0.1) is 0 Å². The number of carbonyl (C=O) groups is 1. The summed E-state index contributed by atoms with van der Waals surface area (Å²) in [7, 11) is 0. The van der Waals surface area contributed by atoms with Crippen LogP contribution in [-0.2, 0) is 0 Å². The van der Waals surface area contributed by atoms with E-state index in [0.717, 1.165) is 50.4 Å². The Hall–Kier alpha value is -4.21. The first-order valence-electron chi connectivity index (χ1n) is 10.9. The van der Waals surface area contributed by atoms with E-state index in [1.807, 2.05) is 72.8 Å². The molecule has 0 N–H and O–H groups in total. The molecule has 6 aromatic rings. The number of nitrogens with zero attached hydrogens (tertiary/aromatic N) is 1. The zero-order valence-electron chi connectivity index (χ0n) is 18.0. The number of aromatic nitrogens is 1. The van der Waals surface area contributed by atoms with Gasteiger partial charge in [0.2, 0.25) is 5.89 Å². The number of para-hydroxylation sites is 1. The predicted molar refractivity (Wildman–Crippen MR) is 138 cm³/mol. The molecule has 0 aliphatic rings. The van der Waals surface area contributed by atoms with Gasteiger partial charge in [0.1, 0.15) is 5.52 Å². The summed E-state index contributed by atoms with van der Waals surface area (Å²) in [5, 5.41) is 2.42. The lowest BCUT2D eigenvalue weighted by atomic mass is 9.93. The van der Waals surface area contributed by atoms with E-state index in [2.05, 4.69) is 24.3 Å². The summed E-state index contributed by atoms with van der Waals surface area (Å²) in [6.45, 7) is 0. The van der Waals surface area contributed by atoms with Crippen LogP contribution < -0.4 is 0 Å². The molecular formula is C30H18ClNO2. The lowest BCUT2D eigenvalue weighted by molar-refractivity contribution is 0.112. The van der Waals surface area contributed by atoms with Crippen LogP contribution >= 0.6 is 11.6 Å². The Morgan fingerprint density at radius 3 is 2.21 bits per heavy atom. The van der Waals surface area contributed by atoms with Crippen molar-refractivity contribution in [2.75, 3.05) is 0 Å². The van der Waals surface area contributed by atoms with Gasteiger partial charge in [0.15, 0.2) is 11.9 Å². The number of hydrogen-bond donors (Lipinski definition) is 0. The molecule has 0 amide bonds. The topological polar surface area (TPSA) is 43.1 Å². The van der Waals surface area contributed by atoms with Gasteiger partial charge < -0.3 is 4.42 Å². The van der Waals surface area contributed by atoms with Crippen LogP contribution in [0.3, 0.4) is 0 Å². The van der Waals surface area contributed by atoms with Crippen LogP contribution in [0.25, 0.3) is 55.6 Å². The molecule has 0 bridgehead atoms. The van der Waals surface area contributed by atoms with Crippen molar-refractivity contribution in [3.05, 3.63) is 114 Å². The zero-order valence-corrected chi connectivity index (χ0v) is 18.8. The van der Waals surface area contributed by atoms with E-state index in [1.54, 1.807) is 6.07 Å². The molecule has 34 heavy (non-hydrogen) atoms. The number of oxazole rings is 1. The van der Waals surface area contributed by atoms with E-state index in [9.17, 15) is 4.79 Å². The molecule has 0 fully saturated rings. The Labute approximate surface area is 201 Å². The van der Waals surface area contributed by atoms with Crippen molar-refractivity contribution in [1.82, 2.24) is 4.98 Å². The third kappa shape index (κ3) is 3.38. The first kappa shape index (κ1) is 20.4. The maximum atomic E-state index is 12.0. The monoisotopic (exact) mass is 459 g/mol. The van der Waals surface area contributed by atoms with Crippen LogP contribution in [-0.4, -0.2) is 11.3 Å². The summed E-state index contributed by atoms with van der Waals surface area (Å²) in [5.41, 5.74) is 6.73. The summed E-state index contributed by atoms with van der Waals surface area (Å²) < 4.78 is 6.30. The number of fused-ring (bicyclic) bond motifs is 2. The average Bonchev–Trinajstić information content (AvgIpc) is 3.34. The lowest BCUT2D eigenvalue weighted by Crippen LogP contribution is -1.91. The fourth-order valence-corrected chi connectivity index (χ4v) is 4.68. The molecule has 0 saturated heterocycles. The summed E-state index contributed by atoms with van der Waals surface area (Å²) in [4.78, 5) is 16.7.